The summed E-state index contributed by atoms with van der Waals surface area (Å²) in [5.74, 6) is -0.735. The molecule has 0 amide bonds. The van der Waals surface area contributed by atoms with E-state index in [2.05, 4.69) is 4.90 Å². The van der Waals surface area contributed by atoms with E-state index in [0.717, 1.165) is 19.5 Å². The molecule has 0 aliphatic carbocycles. The van der Waals surface area contributed by atoms with Gasteiger partial charge < -0.3 is 15.7 Å². The number of carboxylic acids is 1. The van der Waals surface area contributed by atoms with Gasteiger partial charge in [-0.15, -0.1) is 0 Å². The van der Waals surface area contributed by atoms with Crippen LogP contribution in [-0.2, 0) is 4.79 Å². The van der Waals surface area contributed by atoms with Crippen LogP contribution in [0.5, 0.6) is 0 Å². The van der Waals surface area contributed by atoms with Gasteiger partial charge >= 0.3 is 5.97 Å². The van der Waals surface area contributed by atoms with Gasteiger partial charge in [0, 0.05) is 6.54 Å². The molecule has 0 aromatic rings. The normalized spacial score (nSPS) is 10.6. The Kier molecular flexibility index (Phi) is 6.70. The lowest BCUT2D eigenvalue weighted by Crippen LogP contribution is -2.28. The first-order chi connectivity index (χ1) is 5.70. The van der Waals surface area contributed by atoms with E-state index < -0.39 is 5.97 Å². The van der Waals surface area contributed by atoms with Crippen LogP contribution in [0.1, 0.15) is 19.8 Å². The van der Waals surface area contributed by atoms with Crippen molar-refractivity contribution < 1.29 is 9.90 Å². The standard InChI is InChI=1S/C8H18N2O2/c1-2-10(6-3-5-9)7-4-8(11)12/h2-7,9H2,1H3,(H,11,12). The Morgan fingerprint density at radius 1 is 1.50 bits per heavy atom. The minimum atomic E-state index is -0.735. The second-order valence-corrected chi connectivity index (χ2v) is 2.72. The zero-order chi connectivity index (χ0) is 9.40. The highest BCUT2D eigenvalue weighted by molar-refractivity contribution is 5.66. The Morgan fingerprint density at radius 2 is 2.17 bits per heavy atom. The van der Waals surface area contributed by atoms with E-state index in [4.69, 9.17) is 10.8 Å². The Balaban J connectivity index is 3.45. The third-order valence-corrected chi connectivity index (χ3v) is 1.77. The van der Waals surface area contributed by atoms with Gasteiger partial charge in [-0.05, 0) is 26.1 Å². The Labute approximate surface area is 73.3 Å². The van der Waals surface area contributed by atoms with Crippen molar-refractivity contribution in [2.24, 2.45) is 5.73 Å². The molecular weight excluding hydrogens is 156 g/mol. The molecule has 4 nitrogen and oxygen atoms in total. The minimum Gasteiger partial charge on any atom is -0.481 e. The van der Waals surface area contributed by atoms with E-state index in [0.29, 0.717) is 13.1 Å². The highest BCUT2D eigenvalue weighted by atomic mass is 16.4. The fraction of sp³-hybridized carbons (Fsp3) is 0.875. The predicted molar refractivity (Wildman–Crippen MR) is 48.0 cm³/mol. The first-order valence-corrected chi connectivity index (χ1v) is 4.35. The fourth-order valence-electron chi connectivity index (χ4n) is 0.997. The number of nitrogens with two attached hydrogens (primary N) is 1. The van der Waals surface area contributed by atoms with E-state index in [1.807, 2.05) is 6.92 Å². The van der Waals surface area contributed by atoms with Crippen LogP contribution in [0.25, 0.3) is 0 Å². The molecule has 0 rings (SSSR count). The van der Waals surface area contributed by atoms with E-state index in [-0.39, 0.29) is 6.42 Å². The molecule has 0 radical (unpaired) electrons. The Hall–Kier alpha value is -0.610. The van der Waals surface area contributed by atoms with E-state index in [9.17, 15) is 4.79 Å². The van der Waals surface area contributed by atoms with Crippen molar-refractivity contribution >= 4 is 5.97 Å². The molecule has 0 atom stereocenters. The molecule has 0 heterocycles. The zero-order valence-corrected chi connectivity index (χ0v) is 7.62. The summed E-state index contributed by atoms with van der Waals surface area (Å²) in [4.78, 5) is 12.3. The molecule has 0 aliphatic rings. The van der Waals surface area contributed by atoms with Gasteiger partial charge in [0.25, 0.3) is 0 Å². The molecule has 0 fully saturated rings. The van der Waals surface area contributed by atoms with Gasteiger partial charge in [0.2, 0.25) is 0 Å². The van der Waals surface area contributed by atoms with Crippen molar-refractivity contribution in [3.63, 3.8) is 0 Å². The highest BCUT2D eigenvalue weighted by Gasteiger charge is 2.03. The molecule has 0 saturated heterocycles. The van der Waals surface area contributed by atoms with Gasteiger partial charge in [-0.25, -0.2) is 0 Å². The highest BCUT2D eigenvalue weighted by Crippen LogP contribution is 1.92. The van der Waals surface area contributed by atoms with Crippen molar-refractivity contribution in [3.8, 4) is 0 Å². The van der Waals surface area contributed by atoms with E-state index in [1.54, 1.807) is 0 Å². The quantitative estimate of drug-likeness (QED) is 0.576. The van der Waals surface area contributed by atoms with E-state index in [1.165, 1.54) is 0 Å². The van der Waals surface area contributed by atoms with Crippen LogP contribution in [0.2, 0.25) is 0 Å². The number of nitrogens with zero attached hydrogens (tertiary/aromatic N) is 1. The zero-order valence-electron chi connectivity index (χ0n) is 7.62. The molecular formula is C8H18N2O2. The molecule has 0 aromatic carbocycles. The third-order valence-electron chi connectivity index (χ3n) is 1.77. The van der Waals surface area contributed by atoms with Crippen LogP contribution >= 0.6 is 0 Å². The van der Waals surface area contributed by atoms with Crippen molar-refractivity contribution in [2.45, 2.75) is 19.8 Å². The molecule has 0 aliphatic heterocycles. The lowest BCUT2D eigenvalue weighted by atomic mass is 10.3. The maximum atomic E-state index is 10.2. The molecule has 12 heavy (non-hydrogen) atoms. The summed E-state index contributed by atoms with van der Waals surface area (Å²) in [6, 6.07) is 0. The SMILES string of the molecule is CCN(CCCN)CCC(=O)O. The summed E-state index contributed by atoms with van der Waals surface area (Å²) in [7, 11) is 0. The second-order valence-electron chi connectivity index (χ2n) is 2.72. The van der Waals surface area contributed by atoms with Crippen LogP contribution in [0.4, 0.5) is 0 Å². The summed E-state index contributed by atoms with van der Waals surface area (Å²) in [5, 5.41) is 8.43. The number of carbonyl (C=O) groups is 1. The summed E-state index contributed by atoms with van der Waals surface area (Å²) < 4.78 is 0. The summed E-state index contributed by atoms with van der Waals surface area (Å²) in [6.07, 6.45) is 1.16. The molecule has 0 aromatic heterocycles. The van der Waals surface area contributed by atoms with Crippen LogP contribution in [-0.4, -0.2) is 42.2 Å². The molecule has 4 heteroatoms. The first-order valence-electron chi connectivity index (χ1n) is 4.35. The molecule has 0 unspecified atom stereocenters. The number of hydrogen-bond acceptors (Lipinski definition) is 3. The minimum absolute atomic E-state index is 0.221. The average Bonchev–Trinajstić information content (AvgIpc) is 2.05. The van der Waals surface area contributed by atoms with Gasteiger partial charge in [0.1, 0.15) is 0 Å². The summed E-state index contributed by atoms with van der Waals surface area (Å²) >= 11 is 0. The van der Waals surface area contributed by atoms with Crippen molar-refractivity contribution in [2.75, 3.05) is 26.2 Å². The molecule has 0 spiro atoms. The predicted octanol–water partition coefficient (Wildman–Crippen LogP) is 0.132. The van der Waals surface area contributed by atoms with E-state index >= 15 is 0 Å². The topological polar surface area (TPSA) is 66.6 Å². The lowest BCUT2D eigenvalue weighted by Gasteiger charge is -2.18. The third kappa shape index (κ3) is 6.12. The number of carboxylic acid groups (broad SMARTS) is 1. The van der Waals surface area contributed by atoms with Crippen LogP contribution in [0.3, 0.4) is 0 Å². The largest absolute Gasteiger partial charge is 0.481 e. The van der Waals surface area contributed by atoms with Gasteiger partial charge in [-0.2, -0.15) is 0 Å². The van der Waals surface area contributed by atoms with Gasteiger partial charge in [-0.3, -0.25) is 4.79 Å². The van der Waals surface area contributed by atoms with Crippen LogP contribution in [0.15, 0.2) is 0 Å². The average molecular weight is 174 g/mol. The number of rotatable bonds is 7. The van der Waals surface area contributed by atoms with Crippen LogP contribution in [0, 0.1) is 0 Å². The lowest BCUT2D eigenvalue weighted by molar-refractivity contribution is -0.137. The molecule has 0 bridgehead atoms. The number of hydrogen-bond donors (Lipinski definition) is 2. The molecule has 0 saturated carbocycles. The van der Waals surface area contributed by atoms with Crippen molar-refractivity contribution in [1.82, 2.24) is 4.90 Å². The van der Waals surface area contributed by atoms with Gasteiger partial charge in [0.15, 0.2) is 0 Å². The Morgan fingerprint density at radius 3 is 2.58 bits per heavy atom. The summed E-state index contributed by atoms with van der Waals surface area (Å²) in [6.45, 7) is 5.13. The van der Waals surface area contributed by atoms with Crippen molar-refractivity contribution in [3.05, 3.63) is 0 Å². The first kappa shape index (κ1) is 11.4. The number of aliphatic carboxylic acids is 1. The van der Waals surface area contributed by atoms with Gasteiger partial charge in [0.05, 0.1) is 6.42 Å². The fourth-order valence-corrected chi connectivity index (χ4v) is 0.997. The maximum Gasteiger partial charge on any atom is 0.304 e. The Bertz CT molecular complexity index is 128. The second kappa shape index (κ2) is 7.06. The van der Waals surface area contributed by atoms with Crippen LogP contribution < -0.4 is 5.73 Å². The van der Waals surface area contributed by atoms with Crippen molar-refractivity contribution in [1.29, 1.82) is 0 Å². The van der Waals surface area contributed by atoms with Gasteiger partial charge in [-0.1, -0.05) is 6.92 Å². The summed E-state index contributed by atoms with van der Waals surface area (Å²) in [5.41, 5.74) is 5.34. The maximum absolute atomic E-state index is 10.2. The molecule has 72 valence electrons. The smallest absolute Gasteiger partial charge is 0.304 e. The molecule has 3 N–H and O–H groups in total. The monoisotopic (exact) mass is 174 g/mol.